The molecular weight excluding hydrogens is 146 g/mol. The normalized spacial score (nSPS) is 10.7. The van der Waals surface area contributed by atoms with Crippen LogP contribution in [0.15, 0.2) is 0 Å². The van der Waals surface area contributed by atoms with Crippen LogP contribution in [-0.2, 0) is 5.67 Å². The first-order chi connectivity index (χ1) is 4.11. The van der Waals surface area contributed by atoms with Gasteiger partial charge in [0.1, 0.15) is 5.67 Å². The molecule has 0 atom stereocenters. The molecule has 0 saturated heterocycles. The summed E-state index contributed by atoms with van der Waals surface area (Å²) < 4.78 is 12.7. The summed E-state index contributed by atoms with van der Waals surface area (Å²) in [6, 6.07) is 0. The predicted molar refractivity (Wildman–Crippen MR) is 27.3 cm³/mol. The second-order valence-corrected chi connectivity index (χ2v) is 2.17. The third kappa shape index (κ3) is 2.32. The van der Waals surface area contributed by atoms with Crippen LogP contribution in [0.4, 0.5) is 4.39 Å². The van der Waals surface area contributed by atoms with Crippen LogP contribution < -0.4 is 34.8 Å². The standard InChI is InChI=1S/C4H6FN4.Na/c1-4(2,5)3-6-8-9-7-3;/h1-2H3;/q-1;+1. The molecule has 6 heteroatoms. The maximum absolute atomic E-state index is 12.7. The first kappa shape index (κ1) is 10.0. The van der Waals surface area contributed by atoms with E-state index in [2.05, 4.69) is 20.6 Å². The van der Waals surface area contributed by atoms with E-state index in [0.717, 1.165) is 0 Å². The molecule has 1 aromatic rings. The molecule has 1 aromatic heterocycles. The van der Waals surface area contributed by atoms with E-state index in [9.17, 15) is 4.39 Å². The zero-order valence-corrected chi connectivity index (χ0v) is 8.17. The SMILES string of the molecule is CC(C)(F)c1nn[n-]n1.[Na+]. The summed E-state index contributed by atoms with van der Waals surface area (Å²) in [7, 11) is 0. The molecule has 0 fully saturated rings. The van der Waals surface area contributed by atoms with E-state index in [1.807, 2.05) is 0 Å². The Morgan fingerprint density at radius 3 is 2.30 bits per heavy atom. The number of rotatable bonds is 1. The van der Waals surface area contributed by atoms with Gasteiger partial charge in [-0.25, -0.2) is 9.49 Å². The van der Waals surface area contributed by atoms with Crippen molar-refractivity contribution in [3.8, 4) is 0 Å². The van der Waals surface area contributed by atoms with Crippen LogP contribution in [0.3, 0.4) is 0 Å². The second kappa shape index (κ2) is 3.41. The minimum absolute atomic E-state index is 0. The number of halogens is 1. The van der Waals surface area contributed by atoms with Crippen LogP contribution in [0, 0.1) is 0 Å². The molecule has 0 amide bonds. The number of hydrogen-bond donors (Lipinski definition) is 0. The summed E-state index contributed by atoms with van der Waals surface area (Å²) in [5.41, 5.74) is -1.52. The molecule has 0 aliphatic rings. The minimum Gasteiger partial charge on any atom is -0.332 e. The predicted octanol–water partition coefficient (Wildman–Crippen LogP) is -2.96. The molecule has 0 aliphatic carbocycles. The van der Waals surface area contributed by atoms with Crippen LogP contribution >= 0.6 is 0 Å². The van der Waals surface area contributed by atoms with Gasteiger partial charge in [0.2, 0.25) is 0 Å². The van der Waals surface area contributed by atoms with Gasteiger partial charge in [0.05, 0.1) is 5.82 Å². The molecule has 0 bridgehead atoms. The summed E-state index contributed by atoms with van der Waals surface area (Å²) in [5.74, 6) is 0.0301. The molecule has 1 heterocycles. The van der Waals surface area contributed by atoms with Gasteiger partial charge in [0.15, 0.2) is 0 Å². The van der Waals surface area contributed by atoms with Crippen LogP contribution in [-0.4, -0.2) is 15.4 Å². The number of nitrogens with zero attached hydrogens (tertiary/aromatic N) is 4. The molecule has 0 spiro atoms. The van der Waals surface area contributed by atoms with E-state index in [-0.39, 0.29) is 35.4 Å². The molecule has 1 rings (SSSR count). The molecule has 0 radical (unpaired) electrons. The smallest absolute Gasteiger partial charge is 0.332 e. The Morgan fingerprint density at radius 2 is 2.10 bits per heavy atom. The van der Waals surface area contributed by atoms with Gasteiger partial charge in [-0.1, -0.05) is 0 Å². The number of hydrogen-bond acceptors (Lipinski definition) is 3. The van der Waals surface area contributed by atoms with E-state index in [4.69, 9.17) is 0 Å². The first-order valence-corrected chi connectivity index (χ1v) is 2.49. The quantitative estimate of drug-likeness (QED) is 0.403. The van der Waals surface area contributed by atoms with Gasteiger partial charge >= 0.3 is 29.6 Å². The van der Waals surface area contributed by atoms with Crippen LogP contribution in [0.5, 0.6) is 0 Å². The summed E-state index contributed by atoms with van der Waals surface area (Å²) in [4.78, 5) is 0. The van der Waals surface area contributed by atoms with Gasteiger partial charge in [-0.2, -0.15) is 0 Å². The fraction of sp³-hybridized carbons (Fsp3) is 0.750. The summed E-state index contributed by atoms with van der Waals surface area (Å²) in [5, 5.41) is 13.0. The molecular formula is C4H6FN4Na. The van der Waals surface area contributed by atoms with Crippen LogP contribution in [0.25, 0.3) is 0 Å². The molecule has 0 N–H and O–H groups in total. The molecule has 0 unspecified atom stereocenters. The second-order valence-electron chi connectivity index (χ2n) is 2.17. The topological polar surface area (TPSA) is 52.8 Å². The van der Waals surface area contributed by atoms with Crippen molar-refractivity contribution in [2.45, 2.75) is 19.5 Å². The fourth-order valence-corrected chi connectivity index (χ4v) is 0.383. The monoisotopic (exact) mass is 152 g/mol. The largest absolute Gasteiger partial charge is 1.00 e. The van der Waals surface area contributed by atoms with E-state index in [1.165, 1.54) is 13.8 Å². The average molecular weight is 152 g/mol. The van der Waals surface area contributed by atoms with Gasteiger partial charge in [-0.15, -0.1) is 0 Å². The number of alkyl halides is 1. The Kier molecular flexibility index (Phi) is 3.41. The fourth-order valence-electron chi connectivity index (χ4n) is 0.383. The van der Waals surface area contributed by atoms with Gasteiger partial charge in [-0.3, -0.25) is 10.4 Å². The third-order valence-corrected chi connectivity index (χ3v) is 0.851. The van der Waals surface area contributed by atoms with Crippen molar-refractivity contribution in [3.63, 3.8) is 0 Å². The van der Waals surface area contributed by atoms with E-state index in [1.54, 1.807) is 0 Å². The van der Waals surface area contributed by atoms with Gasteiger partial charge in [-0.05, 0) is 13.8 Å². The zero-order valence-electron chi connectivity index (χ0n) is 6.17. The first-order valence-electron chi connectivity index (χ1n) is 2.49. The Balaban J connectivity index is 0.000000810. The summed E-state index contributed by atoms with van der Waals surface area (Å²) in [6.07, 6.45) is 0. The van der Waals surface area contributed by atoms with Crippen molar-refractivity contribution in [1.82, 2.24) is 20.6 Å². The zero-order chi connectivity index (χ0) is 6.91. The van der Waals surface area contributed by atoms with Crippen molar-refractivity contribution in [3.05, 3.63) is 5.82 Å². The summed E-state index contributed by atoms with van der Waals surface area (Å²) >= 11 is 0. The summed E-state index contributed by atoms with van der Waals surface area (Å²) in [6.45, 7) is 2.71. The van der Waals surface area contributed by atoms with Crippen molar-refractivity contribution < 1.29 is 33.9 Å². The van der Waals surface area contributed by atoms with Gasteiger partial charge < -0.3 is 5.10 Å². The van der Waals surface area contributed by atoms with Crippen molar-refractivity contribution in [2.24, 2.45) is 0 Å². The Hall–Kier alpha value is 0. The van der Waals surface area contributed by atoms with Crippen molar-refractivity contribution >= 4 is 0 Å². The van der Waals surface area contributed by atoms with Gasteiger partial charge in [0, 0.05) is 0 Å². The molecule has 4 nitrogen and oxygen atoms in total. The van der Waals surface area contributed by atoms with E-state index < -0.39 is 5.67 Å². The van der Waals surface area contributed by atoms with Crippen molar-refractivity contribution in [2.75, 3.05) is 0 Å². The van der Waals surface area contributed by atoms with E-state index >= 15 is 0 Å². The average Bonchev–Trinajstić information content (AvgIpc) is 2.08. The molecule has 50 valence electrons. The molecule has 0 saturated carbocycles. The third-order valence-electron chi connectivity index (χ3n) is 0.851. The Labute approximate surface area is 79.9 Å². The van der Waals surface area contributed by atoms with Crippen molar-refractivity contribution in [1.29, 1.82) is 0 Å². The van der Waals surface area contributed by atoms with Crippen LogP contribution in [0.2, 0.25) is 0 Å². The maximum atomic E-state index is 12.7. The maximum Gasteiger partial charge on any atom is 1.00 e. The van der Waals surface area contributed by atoms with Crippen LogP contribution in [0.1, 0.15) is 19.7 Å². The molecule has 10 heavy (non-hydrogen) atoms. The Morgan fingerprint density at radius 1 is 1.50 bits per heavy atom. The molecule has 0 aliphatic heterocycles. The van der Waals surface area contributed by atoms with E-state index in [0.29, 0.717) is 0 Å². The Bertz CT molecular complexity index is 180. The van der Waals surface area contributed by atoms with Gasteiger partial charge in [0.25, 0.3) is 0 Å². The number of tetrazole rings is 1. The minimum atomic E-state index is -1.52. The number of aromatic nitrogens is 4. The molecule has 0 aromatic carbocycles.